The lowest BCUT2D eigenvalue weighted by Crippen LogP contribution is -2.24. The van der Waals surface area contributed by atoms with Crippen LogP contribution in [-0.4, -0.2) is 12.7 Å². The van der Waals surface area contributed by atoms with Gasteiger partial charge < -0.3 is 5.32 Å². The molecule has 0 aliphatic rings. The second-order valence-corrected chi connectivity index (χ2v) is 5.13. The van der Waals surface area contributed by atoms with Crippen LogP contribution in [0.25, 0.3) is 0 Å². The zero-order valence-corrected chi connectivity index (χ0v) is 12.1. The molecule has 1 nitrogen and oxygen atoms in total. The maximum atomic E-state index is 13.6. The van der Waals surface area contributed by atoms with E-state index < -0.39 is 18.6 Å². The summed E-state index contributed by atoms with van der Waals surface area (Å²) in [5, 5.41) is 3.11. The average Bonchev–Trinajstić information content (AvgIpc) is 2.34. The molecular formula is C15H21F4N. The van der Waals surface area contributed by atoms with E-state index in [9.17, 15) is 17.6 Å². The van der Waals surface area contributed by atoms with Gasteiger partial charge in [-0.05, 0) is 49.9 Å². The van der Waals surface area contributed by atoms with Gasteiger partial charge in [0, 0.05) is 12.5 Å². The summed E-state index contributed by atoms with van der Waals surface area (Å²) in [5.74, 6) is -0.293. The molecule has 1 unspecified atom stereocenters. The minimum atomic E-state index is -4.17. The van der Waals surface area contributed by atoms with Crippen molar-refractivity contribution in [1.82, 2.24) is 5.32 Å². The van der Waals surface area contributed by atoms with Gasteiger partial charge in [0.05, 0.1) is 0 Å². The van der Waals surface area contributed by atoms with E-state index in [1.165, 1.54) is 0 Å². The molecule has 1 N–H and O–H groups in total. The van der Waals surface area contributed by atoms with Crippen LogP contribution in [0.1, 0.15) is 48.9 Å². The summed E-state index contributed by atoms with van der Waals surface area (Å²) < 4.78 is 50.8. The summed E-state index contributed by atoms with van der Waals surface area (Å²) in [6.45, 7) is 5.85. The van der Waals surface area contributed by atoms with Crippen molar-refractivity contribution in [2.75, 3.05) is 6.54 Å². The lowest BCUT2D eigenvalue weighted by Gasteiger charge is -2.21. The summed E-state index contributed by atoms with van der Waals surface area (Å²) in [4.78, 5) is 0. The van der Waals surface area contributed by atoms with Crippen LogP contribution in [0, 0.1) is 19.7 Å². The Morgan fingerprint density at radius 1 is 1.15 bits per heavy atom. The van der Waals surface area contributed by atoms with Crippen molar-refractivity contribution in [3.8, 4) is 0 Å². The van der Waals surface area contributed by atoms with Crippen LogP contribution in [0.3, 0.4) is 0 Å². The van der Waals surface area contributed by atoms with E-state index in [4.69, 9.17) is 0 Å². The maximum absolute atomic E-state index is 13.6. The first-order valence-corrected chi connectivity index (χ1v) is 6.81. The minimum Gasteiger partial charge on any atom is -0.310 e. The number of nitrogens with one attached hydrogen (secondary N) is 1. The van der Waals surface area contributed by atoms with Gasteiger partial charge in [-0.3, -0.25) is 0 Å². The first kappa shape index (κ1) is 17.0. The molecule has 0 radical (unpaired) electrons. The van der Waals surface area contributed by atoms with E-state index in [1.54, 1.807) is 26.0 Å². The highest BCUT2D eigenvalue weighted by Gasteiger charge is 2.28. The highest BCUT2D eigenvalue weighted by molar-refractivity contribution is 5.32. The van der Waals surface area contributed by atoms with Gasteiger partial charge in [-0.1, -0.05) is 19.1 Å². The smallest absolute Gasteiger partial charge is 0.310 e. The summed E-state index contributed by atoms with van der Waals surface area (Å²) in [5.41, 5.74) is 1.66. The molecular weight excluding hydrogens is 270 g/mol. The molecule has 0 saturated heterocycles. The van der Waals surface area contributed by atoms with Gasteiger partial charge in [-0.2, -0.15) is 13.2 Å². The Hall–Kier alpha value is -1.10. The minimum absolute atomic E-state index is 0.0337. The molecule has 0 heterocycles. The third kappa shape index (κ3) is 5.12. The molecule has 1 aromatic rings. The zero-order chi connectivity index (χ0) is 15.3. The quantitative estimate of drug-likeness (QED) is 0.740. The number of rotatable bonds is 6. The molecule has 1 rings (SSSR count). The molecule has 1 aromatic carbocycles. The average molecular weight is 291 g/mol. The van der Waals surface area contributed by atoms with E-state index in [-0.39, 0.29) is 12.2 Å². The highest BCUT2D eigenvalue weighted by atomic mass is 19.4. The van der Waals surface area contributed by atoms with E-state index in [1.807, 2.05) is 6.92 Å². The normalized spacial score (nSPS) is 13.6. The van der Waals surface area contributed by atoms with Crippen molar-refractivity contribution in [3.63, 3.8) is 0 Å². The van der Waals surface area contributed by atoms with Gasteiger partial charge in [0.25, 0.3) is 0 Å². The van der Waals surface area contributed by atoms with E-state index in [2.05, 4.69) is 5.32 Å². The molecule has 0 fully saturated rings. The van der Waals surface area contributed by atoms with Crippen LogP contribution < -0.4 is 5.32 Å². The molecule has 0 aliphatic carbocycles. The van der Waals surface area contributed by atoms with Crippen molar-refractivity contribution in [2.45, 2.75) is 52.3 Å². The van der Waals surface area contributed by atoms with Crippen LogP contribution in [0.2, 0.25) is 0 Å². The Bertz CT molecular complexity index is 417. The van der Waals surface area contributed by atoms with Crippen LogP contribution in [-0.2, 0) is 0 Å². The van der Waals surface area contributed by atoms with E-state index >= 15 is 0 Å². The van der Waals surface area contributed by atoms with Gasteiger partial charge in [0.2, 0.25) is 0 Å². The topological polar surface area (TPSA) is 12.0 Å². The van der Waals surface area contributed by atoms with Crippen LogP contribution in [0.15, 0.2) is 12.1 Å². The fraction of sp³-hybridized carbons (Fsp3) is 0.600. The molecule has 0 aromatic heterocycles. The summed E-state index contributed by atoms with van der Waals surface area (Å²) in [7, 11) is 0. The van der Waals surface area contributed by atoms with Crippen molar-refractivity contribution >= 4 is 0 Å². The van der Waals surface area contributed by atoms with Gasteiger partial charge in [0.15, 0.2) is 0 Å². The Morgan fingerprint density at radius 3 is 2.15 bits per heavy atom. The Balaban J connectivity index is 2.92. The monoisotopic (exact) mass is 291 g/mol. The summed E-state index contributed by atoms with van der Waals surface area (Å²) in [6.07, 6.45) is -4.21. The van der Waals surface area contributed by atoms with Crippen molar-refractivity contribution < 1.29 is 17.6 Å². The van der Waals surface area contributed by atoms with Gasteiger partial charge in [-0.25, -0.2) is 4.39 Å². The zero-order valence-electron chi connectivity index (χ0n) is 12.1. The Kier molecular flexibility index (Phi) is 5.99. The third-order valence-corrected chi connectivity index (χ3v) is 3.22. The van der Waals surface area contributed by atoms with Crippen LogP contribution in [0.4, 0.5) is 17.6 Å². The van der Waals surface area contributed by atoms with Gasteiger partial charge in [-0.15, -0.1) is 0 Å². The van der Waals surface area contributed by atoms with Crippen LogP contribution >= 0.6 is 0 Å². The lowest BCUT2D eigenvalue weighted by molar-refractivity contribution is -0.136. The second-order valence-electron chi connectivity index (χ2n) is 5.13. The Labute approximate surface area is 117 Å². The number of halogens is 4. The molecule has 0 amide bonds. The first-order valence-electron chi connectivity index (χ1n) is 6.81. The summed E-state index contributed by atoms with van der Waals surface area (Å²) >= 11 is 0. The summed E-state index contributed by atoms with van der Waals surface area (Å²) in [6, 6.07) is 2.87. The van der Waals surface area contributed by atoms with E-state index in [0.29, 0.717) is 17.7 Å². The fourth-order valence-corrected chi connectivity index (χ4v) is 2.19. The molecule has 20 heavy (non-hydrogen) atoms. The molecule has 1 atom stereocenters. The largest absolute Gasteiger partial charge is 0.389 e. The SMILES string of the molecule is CCCNC(CCC(F)(F)F)c1cc(C)c(F)c(C)c1. The molecule has 0 spiro atoms. The van der Waals surface area contributed by atoms with Gasteiger partial charge in [0.1, 0.15) is 5.82 Å². The highest BCUT2D eigenvalue weighted by Crippen LogP contribution is 2.29. The number of hydrogen-bond acceptors (Lipinski definition) is 1. The Morgan fingerprint density at radius 2 is 1.70 bits per heavy atom. The number of alkyl halides is 3. The predicted octanol–water partition coefficient (Wildman–Crippen LogP) is 4.83. The van der Waals surface area contributed by atoms with Crippen LogP contribution in [0.5, 0.6) is 0 Å². The standard InChI is InChI=1S/C15H21F4N/c1-4-7-20-13(5-6-15(17,18)19)12-8-10(2)14(16)11(3)9-12/h8-9,13,20H,4-7H2,1-3H3. The first-order chi connectivity index (χ1) is 9.24. The maximum Gasteiger partial charge on any atom is 0.389 e. The number of hydrogen-bond donors (Lipinski definition) is 1. The third-order valence-electron chi connectivity index (χ3n) is 3.22. The van der Waals surface area contributed by atoms with Crippen molar-refractivity contribution in [3.05, 3.63) is 34.6 Å². The van der Waals surface area contributed by atoms with Crippen molar-refractivity contribution in [2.24, 2.45) is 0 Å². The number of benzene rings is 1. The second kappa shape index (κ2) is 7.07. The molecule has 0 bridgehead atoms. The van der Waals surface area contributed by atoms with Gasteiger partial charge >= 0.3 is 6.18 Å². The fourth-order valence-electron chi connectivity index (χ4n) is 2.19. The van der Waals surface area contributed by atoms with E-state index in [0.717, 1.165) is 12.0 Å². The lowest BCUT2D eigenvalue weighted by atomic mass is 9.97. The molecule has 0 saturated carbocycles. The van der Waals surface area contributed by atoms with Crippen molar-refractivity contribution in [1.29, 1.82) is 0 Å². The number of aryl methyl sites for hydroxylation is 2. The predicted molar refractivity (Wildman–Crippen MR) is 72.2 cm³/mol. The molecule has 0 aliphatic heterocycles. The molecule has 5 heteroatoms. The molecule has 114 valence electrons.